The van der Waals surface area contributed by atoms with Gasteiger partial charge in [0.05, 0.1) is 24.0 Å². The molecule has 1 N–H and O–H groups in total. The number of hydrogen-bond donors (Lipinski definition) is 1. The molecule has 1 heterocycles. The summed E-state index contributed by atoms with van der Waals surface area (Å²) in [7, 11) is 1.86. The fraction of sp³-hybridized carbons (Fsp3) is 0.556. The molecule has 1 aromatic heterocycles. The summed E-state index contributed by atoms with van der Waals surface area (Å²) in [5.41, 5.74) is 0. The van der Waals surface area contributed by atoms with Crippen LogP contribution in [0.3, 0.4) is 0 Å². The van der Waals surface area contributed by atoms with Gasteiger partial charge in [0, 0.05) is 13.1 Å². The maximum Gasteiger partial charge on any atom is 0.187 e. The summed E-state index contributed by atoms with van der Waals surface area (Å²) in [5, 5.41) is 18.6. The first-order valence-corrected chi connectivity index (χ1v) is 5.65. The highest BCUT2D eigenvalue weighted by molar-refractivity contribution is 7.16. The van der Waals surface area contributed by atoms with Crippen molar-refractivity contribution >= 4 is 28.1 Å². The molecule has 1 rings (SSSR count). The second-order valence-electron chi connectivity index (χ2n) is 3.19. The number of rotatable bonds is 4. The van der Waals surface area contributed by atoms with Crippen LogP contribution in [0.5, 0.6) is 0 Å². The lowest BCUT2D eigenvalue weighted by Crippen LogP contribution is -2.28. The quantitative estimate of drug-likeness (QED) is 0.882. The Balaban J connectivity index is 2.82. The molecule has 0 aliphatic heterocycles. The van der Waals surface area contributed by atoms with Crippen LogP contribution in [0.25, 0.3) is 0 Å². The summed E-state index contributed by atoms with van der Waals surface area (Å²) in [4.78, 5) is 6.67. The van der Waals surface area contributed by atoms with Gasteiger partial charge in [-0.2, -0.15) is 5.26 Å². The molecule has 0 amide bonds. The molecule has 0 aliphatic carbocycles. The molecule has 0 aliphatic rings. The lowest BCUT2D eigenvalue weighted by molar-refractivity contribution is 0.285. The molecular formula is C9H12ClN3OS. The van der Waals surface area contributed by atoms with E-state index >= 15 is 0 Å². The van der Waals surface area contributed by atoms with Crippen molar-refractivity contribution < 1.29 is 5.11 Å². The van der Waals surface area contributed by atoms with E-state index in [2.05, 4.69) is 11.1 Å². The van der Waals surface area contributed by atoms with Crippen LogP contribution in [0, 0.1) is 11.3 Å². The van der Waals surface area contributed by atoms with E-state index in [0.29, 0.717) is 16.5 Å². The molecule has 0 bridgehead atoms. The molecule has 15 heavy (non-hydrogen) atoms. The second-order valence-corrected chi connectivity index (χ2v) is 4.61. The molecule has 0 aromatic carbocycles. The third-order valence-electron chi connectivity index (χ3n) is 2.13. The topological polar surface area (TPSA) is 60.2 Å². The number of hydrogen-bond acceptors (Lipinski definition) is 5. The molecule has 82 valence electrons. The van der Waals surface area contributed by atoms with Crippen LogP contribution in [-0.4, -0.2) is 23.2 Å². The Morgan fingerprint density at radius 1 is 1.73 bits per heavy atom. The first-order valence-electron chi connectivity index (χ1n) is 4.46. The van der Waals surface area contributed by atoms with E-state index in [1.807, 2.05) is 18.9 Å². The predicted octanol–water partition coefficient (Wildman–Crippen LogP) is 2.03. The minimum atomic E-state index is -0.100. The van der Waals surface area contributed by atoms with E-state index in [1.54, 1.807) is 0 Å². The summed E-state index contributed by atoms with van der Waals surface area (Å²) < 4.78 is 0. The average Bonchev–Trinajstić information content (AvgIpc) is 2.59. The first-order chi connectivity index (χ1) is 7.10. The van der Waals surface area contributed by atoms with Crippen molar-refractivity contribution in [1.29, 1.82) is 5.26 Å². The van der Waals surface area contributed by atoms with Gasteiger partial charge in [-0.25, -0.2) is 4.98 Å². The monoisotopic (exact) mass is 245 g/mol. The fourth-order valence-electron chi connectivity index (χ4n) is 1.03. The zero-order valence-corrected chi connectivity index (χ0v) is 10.1. The van der Waals surface area contributed by atoms with Crippen LogP contribution in [0.2, 0.25) is 5.15 Å². The number of aliphatic hydroxyl groups is 1. The molecule has 4 nitrogen and oxygen atoms in total. The summed E-state index contributed by atoms with van der Waals surface area (Å²) in [6.45, 7) is 1.84. The first kappa shape index (κ1) is 12.2. The Bertz CT molecular complexity index is 374. The largest absolute Gasteiger partial charge is 0.391 e. The van der Waals surface area contributed by atoms with E-state index in [9.17, 15) is 0 Å². The molecule has 0 saturated heterocycles. The van der Waals surface area contributed by atoms with Gasteiger partial charge in [-0.15, -0.1) is 0 Å². The Kier molecular flexibility index (Phi) is 4.33. The van der Waals surface area contributed by atoms with E-state index in [1.165, 1.54) is 11.3 Å². The van der Waals surface area contributed by atoms with Crippen LogP contribution in [0.1, 0.15) is 18.2 Å². The van der Waals surface area contributed by atoms with Gasteiger partial charge in [0.2, 0.25) is 0 Å². The lowest BCUT2D eigenvalue weighted by atomic mass is 10.2. The average molecular weight is 246 g/mol. The van der Waals surface area contributed by atoms with Gasteiger partial charge in [-0.3, -0.25) is 0 Å². The fourth-order valence-corrected chi connectivity index (χ4v) is 2.21. The number of aromatic nitrogens is 1. The van der Waals surface area contributed by atoms with Gasteiger partial charge in [-0.1, -0.05) is 22.9 Å². The van der Waals surface area contributed by atoms with Crippen molar-refractivity contribution in [2.24, 2.45) is 0 Å². The predicted molar refractivity (Wildman–Crippen MR) is 61.1 cm³/mol. The zero-order chi connectivity index (χ0) is 11.4. The van der Waals surface area contributed by atoms with Gasteiger partial charge >= 0.3 is 0 Å². The van der Waals surface area contributed by atoms with Crippen molar-refractivity contribution in [2.45, 2.75) is 26.0 Å². The molecular weight excluding hydrogens is 234 g/mol. The van der Waals surface area contributed by atoms with E-state index in [0.717, 1.165) is 5.13 Å². The van der Waals surface area contributed by atoms with Crippen LogP contribution in [0.4, 0.5) is 5.13 Å². The van der Waals surface area contributed by atoms with E-state index in [-0.39, 0.29) is 12.6 Å². The summed E-state index contributed by atoms with van der Waals surface area (Å²) >= 11 is 7.16. The smallest absolute Gasteiger partial charge is 0.187 e. The summed E-state index contributed by atoms with van der Waals surface area (Å²) in [6, 6.07) is 2.19. The number of nitriles is 1. The number of anilines is 1. The van der Waals surface area contributed by atoms with E-state index in [4.69, 9.17) is 22.0 Å². The normalized spacial score (nSPS) is 12.2. The van der Waals surface area contributed by atoms with Gasteiger partial charge in [0.25, 0.3) is 0 Å². The van der Waals surface area contributed by atoms with Crippen molar-refractivity contribution in [2.75, 3.05) is 11.9 Å². The minimum absolute atomic E-state index is 0.0868. The molecule has 6 heteroatoms. The second kappa shape index (κ2) is 5.31. The molecule has 1 atom stereocenters. The number of nitrogens with zero attached hydrogens (tertiary/aromatic N) is 3. The minimum Gasteiger partial charge on any atom is -0.391 e. The molecule has 0 radical (unpaired) electrons. The SMILES string of the molecule is CC(CC#N)N(C)c1nc(Cl)c(CO)s1. The van der Waals surface area contributed by atoms with Gasteiger partial charge in [0.1, 0.15) is 5.15 Å². The highest BCUT2D eigenvalue weighted by atomic mass is 35.5. The highest BCUT2D eigenvalue weighted by Crippen LogP contribution is 2.30. The molecule has 1 aromatic rings. The third kappa shape index (κ3) is 2.81. The van der Waals surface area contributed by atoms with Crippen molar-refractivity contribution in [1.82, 2.24) is 4.98 Å². The number of halogens is 1. The number of aliphatic hydroxyl groups excluding tert-OH is 1. The Hall–Kier alpha value is -0.830. The third-order valence-corrected chi connectivity index (χ3v) is 3.69. The van der Waals surface area contributed by atoms with E-state index < -0.39 is 0 Å². The molecule has 0 spiro atoms. The van der Waals surface area contributed by atoms with Crippen molar-refractivity contribution in [3.8, 4) is 6.07 Å². The maximum absolute atomic E-state index is 8.97. The maximum atomic E-state index is 8.97. The van der Waals surface area contributed by atoms with Crippen molar-refractivity contribution in [3.05, 3.63) is 10.0 Å². The van der Waals surface area contributed by atoms with Crippen molar-refractivity contribution in [3.63, 3.8) is 0 Å². The highest BCUT2D eigenvalue weighted by Gasteiger charge is 2.16. The van der Waals surface area contributed by atoms with Gasteiger partial charge in [0.15, 0.2) is 5.13 Å². The molecule has 1 unspecified atom stereocenters. The van der Waals surface area contributed by atoms with Gasteiger partial charge in [-0.05, 0) is 6.92 Å². The van der Waals surface area contributed by atoms with Crippen LogP contribution >= 0.6 is 22.9 Å². The number of thiazole rings is 1. The van der Waals surface area contributed by atoms with Gasteiger partial charge < -0.3 is 10.0 Å². The Labute approximate surface area is 97.7 Å². The zero-order valence-electron chi connectivity index (χ0n) is 8.57. The summed E-state index contributed by atoms with van der Waals surface area (Å²) in [6.07, 6.45) is 0.433. The summed E-state index contributed by atoms with van der Waals surface area (Å²) in [5.74, 6) is 0. The van der Waals surface area contributed by atoms with Crippen LogP contribution in [-0.2, 0) is 6.61 Å². The standard InChI is InChI=1S/C9H12ClN3OS/c1-6(3-4-11)13(2)9-12-8(10)7(5-14)15-9/h6,14H,3,5H2,1-2H3. The molecule has 0 saturated carbocycles. The Morgan fingerprint density at radius 2 is 2.40 bits per heavy atom. The van der Waals surface area contributed by atoms with Crippen LogP contribution in [0.15, 0.2) is 0 Å². The Morgan fingerprint density at radius 3 is 2.87 bits per heavy atom. The lowest BCUT2D eigenvalue weighted by Gasteiger charge is -2.21. The van der Waals surface area contributed by atoms with Crippen LogP contribution < -0.4 is 4.90 Å². The molecule has 0 fully saturated rings.